The zero-order valence-corrected chi connectivity index (χ0v) is 60.6. The second-order valence-corrected chi connectivity index (χ2v) is 29.4. The Kier molecular flexibility index (Phi) is 60.7. The van der Waals surface area contributed by atoms with Crippen LogP contribution in [-0.2, 0) is 65.4 Å². The first kappa shape index (κ1) is 88.5. The normalized spacial score (nSPS) is 14.6. The Morgan fingerprint density at radius 2 is 0.648 bits per heavy atom. The first-order valence-corrected chi connectivity index (χ1v) is 39.7. The van der Waals surface area contributed by atoms with E-state index in [1.165, 1.54) is 122 Å². The van der Waals surface area contributed by atoms with Crippen LogP contribution in [0.5, 0.6) is 0 Å². The van der Waals surface area contributed by atoms with Gasteiger partial charge in [0.25, 0.3) is 0 Å². The van der Waals surface area contributed by atoms with Gasteiger partial charge in [0.05, 0.1) is 26.4 Å². The number of phosphoric acid groups is 2. The topological polar surface area (TPSA) is 237 Å². The molecule has 0 aliphatic carbocycles. The lowest BCUT2D eigenvalue weighted by atomic mass is 10.00. The van der Waals surface area contributed by atoms with E-state index in [9.17, 15) is 43.2 Å². The van der Waals surface area contributed by atoms with Gasteiger partial charge in [-0.15, -0.1) is 0 Å². The maximum Gasteiger partial charge on any atom is 0.472 e. The zero-order valence-electron chi connectivity index (χ0n) is 58.8. The lowest BCUT2D eigenvalue weighted by Crippen LogP contribution is -2.30. The van der Waals surface area contributed by atoms with E-state index in [0.717, 1.165) is 127 Å². The number of rotatable bonds is 68. The van der Waals surface area contributed by atoms with Crippen molar-refractivity contribution in [3.05, 3.63) is 24.3 Å². The third-order valence-electron chi connectivity index (χ3n) is 16.4. The van der Waals surface area contributed by atoms with E-state index in [1.807, 2.05) is 0 Å². The molecule has 19 heteroatoms. The van der Waals surface area contributed by atoms with E-state index in [-0.39, 0.29) is 25.7 Å². The molecule has 0 bridgehead atoms. The number of allylic oxidation sites excluding steroid dienone is 4. The van der Waals surface area contributed by atoms with E-state index in [4.69, 9.17) is 37.0 Å². The van der Waals surface area contributed by atoms with Crippen LogP contribution in [0, 0.1) is 17.8 Å². The van der Waals surface area contributed by atoms with Gasteiger partial charge in [0.1, 0.15) is 19.3 Å². The summed E-state index contributed by atoms with van der Waals surface area (Å²) in [6, 6.07) is 0. The molecule has 0 aliphatic rings. The van der Waals surface area contributed by atoms with E-state index in [2.05, 4.69) is 72.8 Å². The molecule has 0 saturated carbocycles. The molecule has 0 radical (unpaired) electrons. The van der Waals surface area contributed by atoms with Gasteiger partial charge >= 0.3 is 39.5 Å². The van der Waals surface area contributed by atoms with Gasteiger partial charge in [-0.3, -0.25) is 37.3 Å². The summed E-state index contributed by atoms with van der Waals surface area (Å²) in [6.07, 6.45) is 49.6. The minimum absolute atomic E-state index is 0.0986. The molecule has 17 nitrogen and oxygen atoms in total. The SMILES string of the molecule is CCCCCC/C=C\C=C/CCCCCCCC(=O)OC[C@H](COP(=O)(O)OC[C@@H](O)COP(=O)(O)OC[C@@H](COC(=O)CCCCCCCCC(C)CC)OC(=O)CCCCCCCCC(C)C)OC(=O)CCCCCCCCCCCCCCCCC(C)C. The van der Waals surface area contributed by atoms with Gasteiger partial charge in [-0.2, -0.15) is 0 Å². The number of hydrogen-bond acceptors (Lipinski definition) is 15. The van der Waals surface area contributed by atoms with E-state index in [0.29, 0.717) is 31.6 Å². The van der Waals surface area contributed by atoms with Gasteiger partial charge in [0.15, 0.2) is 12.2 Å². The smallest absolute Gasteiger partial charge is 0.462 e. The minimum Gasteiger partial charge on any atom is -0.462 e. The van der Waals surface area contributed by atoms with E-state index < -0.39 is 97.5 Å². The van der Waals surface area contributed by atoms with Crippen LogP contribution in [0.3, 0.4) is 0 Å². The average molecular weight is 1340 g/mol. The van der Waals surface area contributed by atoms with Crippen LogP contribution in [0.2, 0.25) is 0 Å². The monoisotopic (exact) mass is 1330 g/mol. The van der Waals surface area contributed by atoms with Crippen molar-refractivity contribution in [1.82, 2.24) is 0 Å². The van der Waals surface area contributed by atoms with Crippen LogP contribution in [0.25, 0.3) is 0 Å². The fourth-order valence-corrected chi connectivity index (χ4v) is 11.9. The van der Waals surface area contributed by atoms with Crippen molar-refractivity contribution < 1.29 is 80.2 Å². The van der Waals surface area contributed by atoms with E-state index in [1.54, 1.807) is 0 Å². The maximum atomic E-state index is 13.0. The molecule has 3 unspecified atom stereocenters. The lowest BCUT2D eigenvalue weighted by Gasteiger charge is -2.21. The van der Waals surface area contributed by atoms with Gasteiger partial charge < -0.3 is 33.8 Å². The van der Waals surface area contributed by atoms with Gasteiger partial charge in [0, 0.05) is 25.7 Å². The Morgan fingerprint density at radius 3 is 0.978 bits per heavy atom. The molecule has 536 valence electrons. The molecule has 6 atom stereocenters. The molecular weight excluding hydrogens is 1200 g/mol. The number of unbranched alkanes of at least 4 members (excludes halogenated alkanes) is 32. The summed E-state index contributed by atoms with van der Waals surface area (Å²) in [7, 11) is -9.91. The Bertz CT molecular complexity index is 1880. The molecule has 0 saturated heterocycles. The molecule has 0 aromatic rings. The second kappa shape index (κ2) is 62.4. The highest BCUT2D eigenvalue weighted by molar-refractivity contribution is 7.47. The molecule has 0 aromatic carbocycles. The van der Waals surface area contributed by atoms with Crippen LogP contribution >= 0.6 is 15.6 Å². The highest BCUT2D eigenvalue weighted by Gasteiger charge is 2.30. The first-order valence-electron chi connectivity index (χ1n) is 36.7. The Morgan fingerprint density at radius 1 is 0.363 bits per heavy atom. The largest absolute Gasteiger partial charge is 0.472 e. The van der Waals surface area contributed by atoms with Crippen LogP contribution in [0.1, 0.15) is 337 Å². The van der Waals surface area contributed by atoms with Crippen molar-refractivity contribution in [2.45, 2.75) is 356 Å². The molecule has 91 heavy (non-hydrogen) atoms. The van der Waals surface area contributed by atoms with Crippen molar-refractivity contribution in [1.29, 1.82) is 0 Å². The summed E-state index contributed by atoms with van der Waals surface area (Å²) >= 11 is 0. The molecule has 0 fully saturated rings. The number of aliphatic hydroxyl groups excluding tert-OH is 1. The quantitative estimate of drug-likeness (QED) is 0.0169. The zero-order chi connectivity index (χ0) is 67.3. The minimum atomic E-state index is -4.96. The Balaban J connectivity index is 5.27. The predicted octanol–water partition coefficient (Wildman–Crippen LogP) is 20.2. The third kappa shape index (κ3) is 64.6. The second-order valence-electron chi connectivity index (χ2n) is 26.5. The third-order valence-corrected chi connectivity index (χ3v) is 18.3. The number of hydrogen-bond donors (Lipinski definition) is 3. The van der Waals surface area contributed by atoms with E-state index >= 15 is 0 Å². The van der Waals surface area contributed by atoms with Crippen LogP contribution in [-0.4, -0.2) is 96.7 Å². The number of ether oxygens (including phenoxy) is 4. The summed E-state index contributed by atoms with van der Waals surface area (Å²) in [6.45, 7) is 11.7. The molecule has 3 N–H and O–H groups in total. The number of aliphatic hydroxyl groups is 1. The first-order chi connectivity index (χ1) is 43.8. The van der Waals surface area contributed by atoms with Gasteiger partial charge in [-0.25, -0.2) is 9.13 Å². The summed E-state index contributed by atoms with van der Waals surface area (Å²) in [5.74, 6) is 0.0299. The summed E-state index contributed by atoms with van der Waals surface area (Å²) in [5.41, 5.74) is 0. The summed E-state index contributed by atoms with van der Waals surface area (Å²) in [5, 5.41) is 10.6. The number of carbonyl (C=O) groups is 4. The van der Waals surface area contributed by atoms with Gasteiger partial charge in [-0.1, -0.05) is 285 Å². The fourth-order valence-electron chi connectivity index (χ4n) is 10.3. The molecule has 0 aliphatic heterocycles. The maximum absolute atomic E-state index is 13.0. The molecule has 0 rings (SSSR count). The highest BCUT2D eigenvalue weighted by atomic mass is 31.2. The predicted molar refractivity (Wildman–Crippen MR) is 367 cm³/mol. The summed E-state index contributed by atoms with van der Waals surface area (Å²) in [4.78, 5) is 72.5. The van der Waals surface area contributed by atoms with Crippen LogP contribution in [0.4, 0.5) is 0 Å². The van der Waals surface area contributed by atoms with Crippen molar-refractivity contribution >= 4 is 39.5 Å². The van der Waals surface area contributed by atoms with Gasteiger partial charge in [0.2, 0.25) is 0 Å². The van der Waals surface area contributed by atoms with Crippen molar-refractivity contribution in [2.24, 2.45) is 17.8 Å². The van der Waals surface area contributed by atoms with Crippen molar-refractivity contribution in [3.63, 3.8) is 0 Å². The van der Waals surface area contributed by atoms with Crippen LogP contribution in [0.15, 0.2) is 24.3 Å². The molecular formula is C72H136O17P2. The van der Waals surface area contributed by atoms with Crippen LogP contribution < -0.4 is 0 Å². The molecule has 0 aromatic heterocycles. The standard InChI is InChI=1S/C72H136O17P2/c1-8-10-11-12-13-14-15-16-17-21-24-27-30-39-46-53-69(74)82-59-67(88-71(76)55-48-41-31-28-25-22-19-18-20-23-26-29-36-43-50-63(3)4)61-86-90(78,79)84-57-66(73)58-85-91(80,81)87-62-68(89-72(77)56-49-42-34-32-37-44-51-64(5)6)60-83-70(75)54-47-40-35-33-38-45-52-65(7)9-2/h14-17,63-68,73H,8-13,18-62H2,1-7H3,(H,78,79)(H,80,81)/b15-14-,17-16-/t65?,66-,67-,68-/m1/s1. The van der Waals surface area contributed by atoms with Crippen molar-refractivity contribution in [2.75, 3.05) is 39.6 Å². The Hall–Kier alpha value is -2.46. The Labute approximate surface area is 554 Å². The number of carbonyl (C=O) groups excluding carboxylic acids is 4. The number of esters is 4. The van der Waals surface area contributed by atoms with Crippen molar-refractivity contribution in [3.8, 4) is 0 Å². The molecule has 0 amide bonds. The number of phosphoric ester groups is 2. The lowest BCUT2D eigenvalue weighted by molar-refractivity contribution is -0.161. The summed E-state index contributed by atoms with van der Waals surface area (Å²) < 4.78 is 68.2. The molecule has 0 heterocycles. The highest BCUT2D eigenvalue weighted by Crippen LogP contribution is 2.45. The molecule has 0 spiro atoms. The van der Waals surface area contributed by atoms with Gasteiger partial charge in [-0.05, 0) is 69.1 Å². The fraction of sp³-hybridized carbons (Fsp3) is 0.889. The average Bonchev–Trinajstić information content (AvgIpc) is 3.69.